The van der Waals surface area contributed by atoms with Crippen LogP contribution in [0, 0.1) is 10.1 Å². The van der Waals surface area contributed by atoms with Gasteiger partial charge in [-0.15, -0.1) is 0 Å². The molecule has 0 saturated carbocycles. The molecule has 0 aliphatic rings. The minimum atomic E-state index is -0.415. The van der Waals surface area contributed by atoms with Crippen LogP contribution < -0.4 is 5.32 Å². The summed E-state index contributed by atoms with van der Waals surface area (Å²) in [4.78, 5) is 30.7. The third-order valence-electron chi connectivity index (χ3n) is 5.58. The standard InChI is InChI=1S/C25H32N4O3S/c1-16(2)19-9-8-10-20(17(3)4)24(19)28-23(30)11-6-5-7-14-33-25-26-21-13-12-18(29(31)32)15-22(21)27-25/h8-10,12-13,15-17H,5-7,11,14H2,1-4H3,(H,26,27)(H,28,30). The second-order valence-corrected chi connectivity index (χ2v) is 9.91. The van der Waals surface area contributed by atoms with Crippen molar-refractivity contribution >= 4 is 40.1 Å². The van der Waals surface area contributed by atoms with Crippen molar-refractivity contribution in [2.24, 2.45) is 0 Å². The van der Waals surface area contributed by atoms with E-state index in [1.807, 2.05) is 0 Å². The Labute approximate surface area is 198 Å². The molecule has 7 nitrogen and oxygen atoms in total. The van der Waals surface area contributed by atoms with E-state index in [0.29, 0.717) is 23.8 Å². The zero-order valence-corrected chi connectivity index (χ0v) is 20.5. The molecular weight excluding hydrogens is 436 g/mol. The van der Waals surface area contributed by atoms with E-state index < -0.39 is 4.92 Å². The molecule has 8 heteroatoms. The van der Waals surface area contributed by atoms with Crippen LogP contribution in [0.25, 0.3) is 11.0 Å². The number of amides is 1. The second-order valence-electron chi connectivity index (χ2n) is 8.83. The van der Waals surface area contributed by atoms with Crippen LogP contribution in [0.1, 0.15) is 76.3 Å². The topological polar surface area (TPSA) is 101 Å². The first-order valence-electron chi connectivity index (χ1n) is 11.5. The van der Waals surface area contributed by atoms with Gasteiger partial charge in [-0.2, -0.15) is 0 Å². The Bertz CT molecular complexity index is 1100. The number of carbonyl (C=O) groups excluding carboxylic acids is 1. The predicted molar refractivity (Wildman–Crippen MR) is 135 cm³/mol. The van der Waals surface area contributed by atoms with Crippen LogP contribution >= 0.6 is 11.8 Å². The Morgan fingerprint density at radius 1 is 1.09 bits per heavy atom. The lowest BCUT2D eigenvalue weighted by atomic mass is 9.92. The summed E-state index contributed by atoms with van der Waals surface area (Å²) in [5.74, 6) is 1.63. The number of thioether (sulfide) groups is 1. The molecule has 0 aliphatic heterocycles. The van der Waals surface area contributed by atoms with Crippen molar-refractivity contribution < 1.29 is 9.72 Å². The van der Waals surface area contributed by atoms with Crippen LogP contribution in [0.15, 0.2) is 41.6 Å². The number of rotatable bonds is 11. The van der Waals surface area contributed by atoms with E-state index in [1.165, 1.54) is 23.3 Å². The monoisotopic (exact) mass is 468 g/mol. The van der Waals surface area contributed by atoms with Crippen LogP contribution in [-0.4, -0.2) is 26.6 Å². The molecule has 3 rings (SSSR count). The SMILES string of the molecule is CC(C)c1cccc(C(C)C)c1NC(=O)CCCCCSc1nc2cc([N+](=O)[O-])ccc2[nH]1. The number of hydrogen-bond donors (Lipinski definition) is 2. The van der Waals surface area contributed by atoms with Crippen molar-refractivity contribution in [2.75, 3.05) is 11.1 Å². The number of anilines is 1. The largest absolute Gasteiger partial charge is 0.333 e. The highest BCUT2D eigenvalue weighted by molar-refractivity contribution is 7.99. The van der Waals surface area contributed by atoms with Gasteiger partial charge in [-0.05, 0) is 41.9 Å². The predicted octanol–water partition coefficient (Wildman–Crippen LogP) is 7.01. The molecule has 0 fully saturated rings. The van der Waals surface area contributed by atoms with Crippen LogP contribution in [0.5, 0.6) is 0 Å². The van der Waals surface area contributed by atoms with Gasteiger partial charge in [0.1, 0.15) is 0 Å². The van der Waals surface area contributed by atoms with Gasteiger partial charge < -0.3 is 10.3 Å². The maximum Gasteiger partial charge on any atom is 0.271 e. The summed E-state index contributed by atoms with van der Waals surface area (Å²) in [6.45, 7) is 8.60. The Kier molecular flexibility index (Phi) is 8.49. The summed E-state index contributed by atoms with van der Waals surface area (Å²) in [6, 6.07) is 10.9. The Morgan fingerprint density at radius 3 is 2.42 bits per heavy atom. The number of nitro groups is 1. The summed E-state index contributed by atoms with van der Waals surface area (Å²) >= 11 is 1.60. The molecule has 0 aliphatic carbocycles. The van der Waals surface area contributed by atoms with E-state index in [0.717, 1.165) is 41.4 Å². The first kappa shape index (κ1) is 24.8. The van der Waals surface area contributed by atoms with E-state index in [9.17, 15) is 14.9 Å². The van der Waals surface area contributed by atoms with E-state index in [2.05, 4.69) is 61.2 Å². The summed E-state index contributed by atoms with van der Waals surface area (Å²) in [5.41, 5.74) is 4.78. The zero-order valence-electron chi connectivity index (χ0n) is 19.7. The van der Waals surface area contributed by atoms with Gasteiger partial charge in [0.05, 0.1) is 16.0 Å². The van der Waals surface area contributed by atoms with Gasteiger partial charge in [0, 0.05) is 30.0 Å². The van der Waals surface area contributed by atoms with Crippen LogP contribution in [-0.2, 0) is 4.79 Å². The third-order valence-corrected chi connectivity index (χ3v) is 6.54. The number of carbonyl (C=O) groups is 1. The fourth-order valence-corrected chi connectivity index (χ4v) is 4.67. The molecule has 2 N–H and O–H groups in total. The third kappa shape index (κ3) is 6.57. The lowest BCUT2D eigenvalue weighted by Crippen LogP contribution is -2.15. The fourth-order valence-electron chi connectivity index (χ4n) is 3.78. The molecule has 0 bridgehead atoms. The number of unbranched alkanes of at least 4 members (excludes halogenated alkanes) is 2. The lowest BCUT2D eigenvalue weighted by Gasteiger charge is -2.20. The average molecular weight is 469 g/mol. The number of nitrogens with zero attached hydrogens (tertiary/aromatic N) is 2. The number of H-pyrrole nitrogens is 1. The highest BCUT2D eigenvalue weighted by atomic mass is 32.2. The minimum absolute atomic E-state index is 0.0420. The number of para-hydroxylation sites is 1. The quantitative estimate of drug-likeness (QED) is 0.136. The minimum Gasteiger partial charge on any atom is -0.333 e. The molecule has 1 aromatic heterocycles. The second kappa shape index (κ2) is 11.3. The van der Waals surface area contributed by atoms with E-state index in [-0.39, 0.29) is 11.6 Å². The van der Waals surface area contributed by atoms with Gasteiger partial charge in [0.2, 0.25) is 5.91 Å². The van der Waals surface area contributed by atoms with Gasteiger partial charge >= 0.3 is 0 Å². The molecule has 3 aromatic rings. The first-order chi connectivity index (χ1) is 15.8. The number of benzene rings is 2. The summed E-state index contributed by atoms with van der Waals surface area (Å²) in [6.07, 6.45) is 3.26. The number of hydrogen-bond acceptors (Lipinski definition) is 5. The molecule has 1 amide bonds. The zero-order chi connectivity index (χ0) is 24.0. The Hall–Kier alpha value is -2.87. The van der Waals surface area contributed by atoms with E-state index in [4.69, 9.17) is 0 Å². The maximum atomic E-state index is 12.6. The van der Waals surface area contributed by atoms with Crippen LogP contribution in [0.4, 0.5) is 11.4 Å². The van der Waals surface area contributed by atoms with Crippen molar-refractivity contribution in [1.82, 2.24) is 9.97 Å². The molecule has 1 heterocycles. The van der Waals surface area contributed by atoms with Gasteiger partial charge in [0.25, 0.3) is 5.69 Å². The number of aromatic nitrogens is 2. The highest BCUT2D eigenvalue weighted by Gasteiger charge is 2.16. The number of non-ortho nitro benzene ring substituents is 1. The van der Waals surface area contributed by atoms with Crippen molar-refractivity contribution in [3.8, 4) is 0 Å². The lowest BCUT2D eigenvalue weighted by molar-refractivity contribution is -0.384. The number of fused-ring (bicyclic) bond motifs is 1. The number of nitrogens with one attached hydrogen (secondary N) is 2. The Balaban J connectivity index is 1.44. The molecule has 0 unspecified atom stereocenters. The first-order valence-corrected chi connectivity index (χ1v) is 12.4. The highest BCUT2D eigenvalue weighted by Crippen LogP contribution is 2.32. The summed E-state index contributed by atoms with van der Waals surface area (Å²) in [5, 5.41) is 14.8. The van der Waals surface area contributed by atoms with Crippen molar-refractivity contribution in [1.29, 1.82) is 0 Å². The van der Waals surface area contributed by atoms with Crippen molar-refractivity contribution in [2.45, 2.75) is 70.4 Å². The van der Waals surface area contributed by atoms with Crippen LogP contribution in [0.2, 0.25) is 0 Å². The van der Waals surface area contributed by atoms with Gasteiger partial charge in [-0.1, -0.05) is 64.1 Å². The molecular formula is C25H32N4O3S. The summed E-state index contributed by atoms with van der Waals surface area (Å²) in [7, 11) is 0. The fraction of sp³-hybridized carbons (Fsp3) is 0.440. The van der Waals surface area contributed by atoms with Gasteiger partial charge in [-0.25, -0.2) is 4.98 Å². The molecule has 0 spiro atoms. The average Bonchev–Trinajstić information content (AvgIpc) is 3.17. The molecule has 0 radical (unpaired) electrons. The molecule has 2 aromatic carbocycles. The normalized spacial score (nSPS) is 11.5. The number of aromatic amines is 1. The van der Waals surface area contributed by atoms with Gasteiger partial charge in [-0.3, -0.25) is 14.9 Å². The van der Waals surface area contributed by atoms with Crippen LogP contribution in [0.3, 0.4) is 0 Å². The van der Waals surface area contributed by atoms with Crippen molar-refractivity contribution in [3.63, 3.8) is 0 Å². The smallest absolute Gasteiger partial charge is 0.271 e. The van der Waals surface area contributed by atoms with Crippen molar-refractivity contribution in [3.05, 3.63) is 57.6 Å². The number of nitro benzene ring substituents is 1. The van der Waals surface area contributed by atoms with Gasteiger partial charge in [0.15, 0.2) is 5.16 Å². The van der Waals surface area contributed by atoms with E-state index >= 15 is 0 Å². The molecule has 33 heavy (non-hydrogen) atoms. The van der Waals surface area contributed by atoms with E-state index in [1.54, 1.807) is 17.8 Å². The number of imidazole rings is 1. The molecule has 0 saturated heterocycles. The molecule has 0 atom stereocenters. The Morgan fingerprint density at radius 2 is 1.79 bits per heavy atom. The molecule has 176 valence electrons. The maximum absolute atomic E-state index is 12.6. The summed E-state index contributed by atoms with van der Waals surface area (Å²) < 4.78 is 0.